The number of aromatic nitrogens is 3. The Balaban J connectivity index is 2.27. The first-order chi connectivity index (χ1) is 9.13. The van der Waals surface area contributed by atoms with E-state index in [0.29, 0.717) is 12.3 Å². The lowest BCUT2D eigenvalue weighted by molar-refractivity contribution is 0.0359. The van der Waals surface area contributed by atoms with Crippen molar-refractivity contribution in [3.63, 3.8) is 0 Å². The number of hydroxylamine groups is 1. The number of carbonyl (C=O) groups is 1. The quantitative estimate of drug-likeness (QED) is 0.847. The van der Waals surface area contributed by atoms with Gasteiger partial charge in [-0.15, -0.1) is 5.10 Å². The van der Waals surface area contributed by atoms with Crippen LogP contribution < -0.4 is 5.48 Å². The average Bonchev–Trinajstić information content (AvgIpc) is 2.79. The van der Waals surface area contributed by atoms with Gasteiger partial charge in [0.15, 0.2) is 5.69 Å². The average molecular weight is 260 g/mol. The summed E-state index contributed by atoms with van der Waals surface area (Å²) in [7, 11) is 0. The van der Waals surface area contributed by atoms with Gasteiger partial charge in [0.05, 0.1) is 18.0 Å². The van der Waals surface area contributed by atoms with Crippen molar-refractivity contribution in [1.29, 1.82) is 0 Å². The second-order valence-electron chi connectivity index (χ2n) is 4.14. The van der Waals surface area contributed by atoms with E-state index in [1.807, 2.05) is 31.2 Å². The van der Waals surface area contributed by atoms with Gasteiger partial charge in [-0.25, -0.2) is 10.2 Å². The molecular formula is C13H16N4O2. The fraction of sp³-hybridized carbons (Fsp3) is 0.308. The number of hydrogen-bond acceptors (Lipinski definition) is 4. The number of carbonyl (C=O) groups excluding carboxylic acids is 1. The summed E-state index contributed by atoms with van der Waals surface area (Å²) >= 11 is 0. The normalized spacial score (nSPS) is 10.5. The molecule has 0 spiro atoms. The Kier molecular flexibility index (Phi) is 3.91. The molecule has 2 rings (SSSR count). The van der Waals surface area contributed by atoms with Gasteiger partial charge < -0.3 is 0 Å². The molecule has 1 heterocycles. The van der Waals surface area contributed by atoms with Crippen molar-refractivity contribution < 1.29 is 9.63 Å². The molecule has 0 aliphatic heterocycles. The van der Waals surface area contributed by atoms with E-state index in [9.17, 15) is 4.79 Å². The van der Waals surface area contributed by atoms with Gasteiger partial charge in [-0.1, -0.05) is 22.9 Å². The minimum absolute atomic E-state index is 0.258. The highest BCUT2D eigenvalue weighted by atomic mass is 16.6. The van der Waals surface area contributed by atoms with Gasteiger partial charge in [0.25, 0.3) is 5.91 Å². The number of amides is 1. The maximum absolute atomic E-state index is 11.8. The predicted molar refractivity (Wildman–Crippen MR) is 69.9 cm³/mol. The minimum atomic E-state index is -0.391. The summed E-state index contributed by atoms with van der Waals surface area (Å²) in [6.45, 7) is 5.99. The summed E-state index contributed by atoms with van der Waals surface area (Å²) in [5.41, 5.74) is 5.26. The van der Waals surface area contributed by atoms with Crippen LogP contribution in [0, 0.1) is 13.8 Å². The molecule has 2 aromatic rings. The molecular weight excluding hydrogens is 244 g/mol. The van der Waals surface area contributed by atoms with Gasteiger partial charge in [-0.3, -0.25) is 9.63 Å². The second kappa shape index (κ2) is 5.62. The Bertz CT molecular complexity index is 575. The molecule has 6 nitrogen and oxygen atoms in total. The minimum Gasteiger partial charge on any atom is -0.274 e. The summed E-state index contributed by atoms with van der Waals surface area (Å²) in [6.07, 6.45) is 0. The third-order valence-corrected chi connectivity index (χ3v) is 2.70. The van der Waals surface area contributed by atoms with Crippen LogP contribution in [0.25, 0.3) is 5.69 Å². The number of benzene rings is 1. The molecule has 0 saturated carbocycles. The zero-order valence-corrected chi connectivity index (χ0v) is 11.2. The van der Waals surface area contributed by atoms with Gasteiger partial charge >= 0.3 is 0 Å². The number of rotatable bonds is 4. The van der Waals surface area contributed by atoms with Gasteiger partial charge in [-0.05, 0) is 32.9 Å². The number of aryl methyl sites for hydroxylation is 1. The van der Waals surface area contributed by atoms with Crippen LogP contribution in [0.15, 0.2) is 24.3 Å². The first-order valence-electron chi connectivity index (χ1n) is 6.05. The Morgan fingerprint density at radius 2 is 2.00 bits per heavy atom. The Labute approximate surface area is 111 Å². The van der Waals surface area contributed by atoms with Gasteiger partial charge in [0.1, 0.15) is 0 Å². The zero-order valence-electron chi connectivity index (χ0n) is 11.2. The zero-order chi connectivity index (χ0) is 13.8. The molecule has 0 aliphatic carbocycles. The lowest BCUT2D eigenvalue weighted by atomic mass is 10.2. The first kappa shape index (κ1) is 13.2. The molecule has 0 unspecified atom stereocenters. The van der Waals surface area contributed by atoms with E-state index in [2.05, 4.69) is 15.8 Å². The summed E-state index contributed by atoms with van der Waals surface area (Å²) in [5.74, 6) is -0.391. The second-order valence-corrected chi connectivity index (χ2v) is 4.14. The van der Waals surface area contributed by atoms with Crippen LogP contribution in [0.2, 0.25) is 0 Å². The van der Waals surface area contributed by atoms with Crippen molar-refractivity contribution in [1.82, 2.24) is 20.5 Å². The lowest BCUT2D eigenvalue weighted by Gasteiger charge is -2.04. The molecule has 0 bridgehead atoms. The predicted octanol–water partition coefficient (Wildman–Crippen LogP) is 1.57. The smallest absolute Gasteiger partial charge is 0.274 e. The highest BCUT2D eigenvalue weighted by molar-refractivity contribution is 5.92. The maximum Gasteiger partial charge on any atom is 0.297 e. The van der Waals surface area contributed by atoms with Crippen LogP contribution >= 0.6 is 0 Å². The van der Waals surface area contributed by atoms with Crippen LogP contribution in [-0.4, -0.2) is 27.5 Å². The van der Waals surface area contributed by atoms with E-state index in [1.54, 1.807) is 18.5 Å². The highest BCUT2D eigenvalue weighted by Gasteiger charge is 2.17. The standard InChI is InChI=1S/C13H16N4O2/c1-4-19-15-13(18)12-10(3)17(16-14-12)11-7-5-9(2)6-8-11/h5-8H,4H2,1-3H3,(H,15,18). The van der Waals surface area contributed by atoms with E-state index in [0.717, 1.165) is 11.3 Å². The van der Waals surface area contributed by atoms with Crippen molar-refractivity contribution in [2.24, 2.45) is 0 Å². The van der Waals surface area contributed by atoms with E-state index < -0.39 is 5.91 Å². The molecule has 0 radical (unpaired) electrons. The van der Waals surface area contributed by atoms with E-state index >= 15 is 0 Å². The molecule has 1 aromatic carbocycles. The molecule has 1 aromatic heterocycles. The van der Waals surface area contributed by atoms with E-state index in [-0.39, 0.29) is 5.69 Å². The molecule has 19 heavy (non-hydrogen) atoms. The number of nitrogens with one attached hydrogen (secondary N) is 1. The monoisotopic (exact) mass is 260 g/mol. The maximum atomic E-state index is 11.8. The van der Waals surface area contributed by atoms with Crippen molar-refractivity contribution in [2.75, 3.05) is 6.61 Å². The van der Waals surface area contributed by atoms with Crippen molar-refractivity contribution in [3.8, 4) is 5.69 Å². The van der Waals surface area contributed by atoms with Crippen molar-refractivity contribution in [3.05, 3.63) is 41.2 Å². The molecule has 6 heteroatoms. The molecule has 0 aliphatic rings. The largest absolute Gasteiger partial charge is 0.297 e. The Morgan fingerprint density at radius 1 is 1.32 bits per heavy atom. The Morgan fingerprint density at radius 3 is 2.63 bits per heavy atom. The summed E-state index contributed by atoms with van der Waals surface area (Å²) < 4.78 is 1.63. The third kappa shape index (κ3) is 2.79. The first-order valence-corrected chi connectivity index (χ1v) is 6.05. The highest BCUT2D eigenvalue weighted by Crippen LogP contribution is 2.12. The molecule has 0 saturated heterocycles. The topological polar surface area (TPSA) is 69.0 Å². The van der Waals surface area contributed by atoms with Crippen LogP contribution in [0.1, 0.15) is 28.7 Å². The molecule has 0 fully saturated rings. The fourth-order valence-electron chi connectivity index (χ4n) is 1.66. The Hall–Kier alpha value is -2.21. The molecule has 100 valence electrons. The van der Waals surface area contributed by atoms with E-state index in [1.165, 1.54) is 0 Å². The van der Waals surface area contributed by atoms with Crippen LogP contribution in [-0.2, 0) is 4.84 Å². The third-order valence-electron chi connectivity index (χ3n) is 2.70. The van der Waals surface area contributed by atoms with Crippen LogP contribution in [0.3, 0.4) is 0 Å². The summed E-state index contributed by atoms with van der Waals surface area (Å²) in [4.78, 5) is 16.6. The molecule has 1 N–H and O–H groups in total. The van der Waals surface area contributed by atoms with E-state index in [4.69, 9.17) is 4.84 Å². The number of nitrogens with zero attached hydrogens (tertiary/aromatic N) is 3. The van der Waals surface area contributed by atoms with Crippen LogP contribution in [0.4, 0.5) is 0 Å². The fourth-order valence-corrected chi connectivity index (χ4v) is 1.66. The van der Waals surface area contributed by atoms with Gasteiger partial charge in [0.2, 0.25) is 0 Å². The van der Waals surface area contributed by atoms with Crippen LogP contribution in [0.5, 0.6) is 0 Å². The van der Waals surface area contributed by atoms with Gasteiger partial charge in [0, 0.05) is 0 Å². The molecule has 0 atom stereocenters. The summed E-state index contributed by atoms with van der Waals surface area (Å²) in [5, 5.41) is 7.88. The lowest BCUT2D eigenvalue weighted by Crippen LogP contribution is -2.24. The number of hydrogen-bond donors (Lipinski definition) is 1. The molecule has 1 amide bonds. The SMILES string of the molecule is CCONC(=O)c1nnn(-c2ccc(C)cc2)c1C. The van der Waals surface area contributed by atoms with Crippen molar-refractivity contribution in [2.45, 2.75) is 20.8 Å². The summed E-state index contributed by atoms with van der Waals surface area (Å²) in [6, 6.07) is 7.83. The van der Waals surface area contributed by atoms with Crippen molar-refractivity contribution >= 4 is 5.91 Å². The van der Waals surface area contributed by atoms with Gasteiger partial charge in [-0.2, -0.15) is 0 Å².